The average molecular weight is 251 g/mol. The summed E-state index contributed by atoms with van der Waals surface area (Å²) in [6.45, 7) is 3.20. The van der Waals surface area contributed by atoms with Crippen molar-refractivity contribution < 1.29 is 9.53 Å². The molecule has 0 amide bonds. The van der Waals surface area contributed by atoms with Crippen molar-refractivity contribution in [1.82, 2.24) is 4.57 Å². The molecule has 1 aliphatic heterocycles. The second-order valence-electron chi connectivity index (χ2n) is 4.81. The van der Waals surface area contributed by atoms with Crippen molar-refractivity contribution in [2.45, 2.75) is 13.5 Å². The minimum Gasteiger partial charge on any atom is -0.484 e. The number of benzene rings is 2. The number of Topliss-reactive ketones (excluding diaryl/α,β-unsaturated/α-hetero) is 1. The molecule has 0 unspecified atom stereocenters. The average Bonchev–Trinajstić information content (AvgIpc) is 2.97. The zero-order valence-electron chi connectivity index (χ0n) is 10.6. The lowest BCUT2D eigenvalue weighted by Crippen LogP contribution is -1.98. The molecule has 1 aromatic heterocycles. The van der Waals surface area contributed by atoms with Crippen LogP contribution >= 0.6 is 0 Å². The molecular weight excluding hydrogens is 238 g/mol. The summed E-state index contributed by atoms with van der Waals surface area (Å²) >= 11 is 0. The van der Waals surface area contributed by atoms with E-state index in [0.717, 1.165) is 28.6 Å². The molecule has 0 atom stereocenters. The second kappa shape index (κ2) is 3.60. The van der Waals surface area contributed by atoms with E-state index in [2.05, 4.69) is 23.6 Å². The summed E-state index contributed by atoms with van der Waals surface area (Å²) in [7, 11) is 0. The molecule has 0 fully saturated rings. The summed E-state index contributed by atoms with van der Waals surface area (Å²) in [5.74, 6) is 0.830. The van der Waals surface area contributed by atoms with Crippen LogP contribution < -0.4 is 4.74 Å². The summed E-state index contributed by atoms with van der Waals surface area (Å²) in [4.78, 5) is 11.8. The number of aryl methyl sites for hydroxylation is 1. The lowest BCUT2D eigenvalue weighted by molar-refractivity contribution is 0.0961. The van der Waals surface area contributed by atoms with Gasteiger partial charge in [-0.15, -0.1) is 0 Å². The quantitative estimate of drug-likeness (QED) is 0.663. The van der Waals surface area contributed by atoms with Crippen molar-refractivity contribution in [3.8, 4) is 5.75 Å². The number of hydrogen-bond acceptors (Lipinski definition) is 2. The van der Waals surface area contributed by atoms with E-state index in [1.165, 1.54) is 5.52 Å². The first-order valence-electron chi connectivity index (χ1n) is 6.51. The van der Waals surface area contributed by atoms with E-state index in [0.29, 0.717) is 5.56 Å². The van der Waals surface area contributed by atoms with Gasteiger partial charge in [0.15, 0.2) is 6.61 Å². The fourth-order valence-corrected chi connectivity index (χ4v) is 3.03. The SMILES string of the molecule is CCn1c2ccccc2c2c3c(ccc21)C(=O)CO3. The maximum absolute atomic E-state index is 11.8. The van der Waals surface area contributed by atoms with Gasteiger partial charge in [-0.25, -0.2) is 0 Å². The van der Waals surface area contributed by atoms with Crippen LogP contribution in [-0.2, 0) is 6.54 Å². The predicted octanol–water partition coefficient (Wildman–Crippen LogP) is 3.39. The highest BCUT2D eigenvalue weighted by atomic mass is 16.5. The summed E-state index contributed by atoms with van der Waals surface area (Å²) in [5, 5.41) is 2.23. The molecule has 3 heteroatoms. The van der Waals surface area contributed by atoms with Crippen LogP contribution in [0, 0.1) is 0 Å². The maximum Gasteiger partial charge on any atom is 0.203 e. The van der Waals surface area contributed by atoms with Gasteiger partial charge in [-0.05, 0) is 25.1 Å². The minimum atomic E-state index is 0.0743. The van der Waals surface area contributed by atoms with E-state index in [4.69, 9.17) is 4.74 Å². The first-order valence-corrected chi connectivity index (χ1v) is 6.51. The summed E-state index contributed by atoms with van der Waals surface area (Å²) in [5.41, 5.74) is 3.04. The summed E-state index contributed by atoms with van der Waals surface area (Å²) in [6.07, 6.45) is 0. The van der Waals surface area contributed by atoms with Gasteiger partial charge in [0.05, 0.1) is 16.5 Å². The number of carbonyl (C=O) groups is 1. The Morgan fingerprint density at radius 2 is 2.00 bits per heavy atom. The van der Waals surface area contributed by atoms with Gasteiger partial charge >= 0.3 is 0 Å². The molecule has 4 rings (SSSR count). The molecule has 1 aliphatic rings. The molecule has 0 radical (unpaired) electrons. The largest absolute Gasteiger partial charge is 0.484 e. The van der Waals surface area contributed by atoms with E-state index in [-0.39, 0.29) is 12.4 Å². The van der Waals surface area contributed by atoms with Crippen LogP contribution in [0.3, 0.4) is 0 Å². The first-order chi connectivity index (χ1) is 9.31. The van der Waals surface area contributed by atoms with E-state index in [1.54, 1.807) is 0 Å². The van der Waals surface area contributed by atoms with Crippen LogP contribution in [0.5, 0.6) is 5.75 Å². The molecule has 0 aliphatic carbocycles. The van der Waals surface area contributed by atoms with Gasteiger partial charge in [0, 0.05) is 17.4 Å². The zero-order valence-corrected chi connectivity index (χ0v) is 10.6. The van der Waals surface area contributed by atoms with Crippen LogP contribution in [0.4, 0.5) is 0 Å². The fraction of sp³-hybridized carbons (Fsp3) is 0.188. The van der Waals surface area contributed by atoms with Crippen molar-refractivity contribution in [3.63, 3.8) is 0 Å². The topological polar surface area (TPSA) is 31.2 Å². The molecule has 0 N–H and O–H groups in total. The smallest absolute Gasteiger partial charge is 0.203 e. The Balaban J connectivity index is 2.27. The molecule has 94 valence electrons. The Morgan fingerprint density at radius 3 is 2.84 bits per heavy atom. The standard InChI is InChI=1S/C16H13NO2/c1-2-17-12-6-4-3-5-10(12)15-13(17)8-7-11-14(18)9-19-16(11)15/h3-8H,2,9H2,1H3. The van der Waals surface area contributed by atoms with E-state index < -0.39 is 0 Å². The van der Waals surface area contributed by atoms with Crippen molar-refractivity contribution in [3.05, 3.63) is 42.0 Å². The van der Waals surface area contributed by atoms with Gasteiger partial charge in [-0.3, -0.25) is 4.79 Å². The van der Waals surface area contributed by atoms with Gasteiger partial charge in [0.2, 0.25) is 5.78 Å². The van der Waals surface area contributed by atoms with Gasteiger partial charge in [0.25, 0.3) is 0 Å². The van der Waals surface area contributed by atoms with E-state index >= 15 is 0 Å². The van der Waals surface area contributed by atoms with Crippen molar-refractivity contribution >= 4 is 27.6 Å². The van der Waals surface area contributed by atoms with Crippen LogP contribution in [0.2, 0.25) is 0 Å². The number of carbonyl (C=O) groups excluding carboxylic acids is 1. The van der Waals surface area contributed by atoms with Gasteiger partial charge in [-0.1, -0.05) is 18.2 Å². The van der Waals surface area contributed by atoms with Crippen LogP contribution in [0.25, 0.3) is 21.8 Å². The molecular formula is C16H13NO2. The highest BCUT2D eigenvalue weighted by molar-refractivity contribution is 6.16. The Morgan fingerprint density at radius 1 is 1.16 bits per heavy atom. The number of hydrogen-bond donors (Lipinski definition) is 0. The number of rotatable bonds is 1. The van der Waals surface area contributed by atoms with Crippen molar-refractivity contribution in [2.75, 3.05) is 6.61 Å². The number of ether oxygens (including phenoxy) is 1. The first kappa shape index (κ1) is 10.6. The molecule has 3 aromatic rings. The lowest BCUT2D eigenvalue weighted by atomic mass is 10.1. The number of nitrogens with zero attached hydrogens (tertiary/aromatic N) is 1. The third kappa shape index (κ3) is 1.24. The van der Waals surface area contributed by atoms with Crippen LogP contribution in [0.15, 0.2) is 36.4 Å². The Hall–Kier alpha value is -2.29. The van der Waals surface area contributed by atoms with Crippen molar-refractivity contribution in [1.29, 1.82) is 0 Å². The Labute approximate surface area is 110 Å². The number of aromatic nitrogens is 1. The third-order valence-electron chi connectivity index (χ3n) is 3.85. The summed E-state index contributed by atoms with van der Waals surface area (Å²) in [6, 6.07) is 12.2. The van der Waals surface area contributed by atoms with Crippen molar-refractivity contribution in [2.24, 2.45) is 0 Å². The van der Waals surface area contributed by atoms with Gasteiger partial charge < -0.3 is 9.30 Å². The number of para-hydroxylation sites is 1. The third-order valence-corrected chi connectivity index (χ3v) is 3.85. The molecule has 0 spiro atoms. The van der Waals surface area contributed by atoms with Crippen LogP contribution in [0.1, 0.15) is 17.3 Å². The molecule has 0 bridgehead atoms. The Bertz CT molecular complexity index is 829. The maximum atomic E-state index is 11.8. The molecule has 2 heterocycles. The van der Waals surface area contributed by atoms with Crippen LogP contribution in [-0.4, -0.2) is 17.0 Å². The number of fused-ring (bicyclic) bond motifs is 5. The van der Waals surface area contributed by atoms with Gasteiger partial charge in [-0.2, -0.15) is 0 Å². The number of ketones is 1. The normalized spacial score (nSPS) is 14.1. The molecule has 2 aromatic carbocycles. The molecule has 3 nitrogen and oxygen atoms in total. The lowest BCUT2D eigenvalue weighted by Gasteiger charge is -2.03. The van der Waals surface area contributed by atoms with E-state index in [9.17, 15) is 4.79 Å². The van der Waals surface area contributed by atoms with E-state index in [1.807, 2.05) is 24.3 Å². The Kier molecular flexibility index (Phi) is 2.01. The second-order valence-corrected chi connectivity index (χ2v) is 4.81. The highest BCUT2D eigenvalue weighted by Crippen LogP contribution is 2.40. The fourth-order valence-electron chi connectivity index (χ4n) is 3.03. The summed E-state index contributed by atoms with van der Waals surface area (Å²) < 4.78 is 7.89. The highest BCUT2D eigenvalue weighted by Gasteiger charge is 2.25. The molecule has 19 heavy (non-hydrogen) atoms. The molecule has 0 saturated carbocycles. The predicted molar refractivity (Wildman–Crippen MR) is 74.9 cm³/mol. The zero-order chi connectivity index (χ0) is 13.0. The van der Waals surface area contributed by atoms with Gasteiger partial charge in [0.1, 0.15) is 5.75 Å². The minimum absolute atomic E-state index is 0.0743. The monoisotopic (exact) mass is 251 g/mol. The molecule has 0 saturated heterocycles.